The molecule has 0 fully saturated rings. The predicted molar refractivity (Wildman–Crippen MR) is 66.0 cm³/mol. The van der Waals surface area contributed by atoms with Crippen LogP contribution in [0.1, 0.15) is 43.4 Å². The van der Waals surface area contributed by atoms with Crippen LogP contribution in [0.2, 0.25) is 0 Å². The van der Waals surface area contributed by atoms with E-state index in [1.165, 1.54) is 5.56 Å². The molecule has 17 heavy (non-hydrogen) atoms. The molecule has 3 heteroatoms. The fourth-order valence-corrected chi connectivity index (χ4v) is 2.34. The zero-order chi connectivity index (χ0) is 12.1. The maximum absolute atomic E-state index is 12.1. The number of fused-ring (bicyclic) bond motifs is 1. The Morgan fingerprint density at radius 2 is 2.47 bits per heavy atom. The van der Waals surface area contributed by atoms with Crippen molar-refractivity contribution in [2.75, 3.05) is 13.2 Å². The molecule has 0 aliphatic heterocycles. The third-order valence-electron chi connectivity index (χ3n) is 3.18. The molecule has 0 saturated heterocycles. The SMILES string of the molecule is CCCOCC(=O)C1CCCc2cccnc21. The molecule has 0 N–H and O–H groups in total. The van der Waals surface area contributed by atoms with Gasteiger partial charge in [-0.3, -0.25) is 9.78 Å². The van der Waals surface area contributed by atoms with Gasteiger partial charge in [-0.1, -0.05) is 13.0 Å². The van der Waals surface area contributed by atoms with E-state index in [4.69, 9.17) is 4.74 Å². The van der Waals surface area contributed by atoms with E-state index in [9.17, 15) is 4.79 Å². The van der Waals surface area contributed by atoms with Gasteiger partial charge < -0.3 is 4.74 Å². The summed E-state index contributed by atoms with van der Waals surface area (Å²) in [6.07, 6.45) is 5.76. The maximum atomic E-state index is 12.1. The molecule has 1 atom stereocenters. The minimum Gasteiger partial charge on any atom is -0.374 e. The molecule has 92 valence electrons. The number of aromatic nitrogens is 1. The predicted octanol–water partition coefficient (Wildman–Crippen LogP) is 2.50. The van der Waals surface area contributed by atoms with E-state index in [0.29, 0.717) is 6.61 Å². The highest BCUT2D eigenvalue weighted by molar-refractivity contribution is 5.87. The first-order chi connectivity index (χ1) is 8.33. The Morgan fingerprint density at radius 1 is 1.59 bits per heavy atom. The molecule has 1 aliphatic carbocycles. The molecule has 1 unspecified atom stereocenters. The first-order valence-electron chi connectivity index (χ1n) is 6.37. The minimum absolute atomic E-state index is 0.0446. The maximum Gasteiger partial charge on any atom is 0.167 e. The lowest BCUT2D eigenvalue weighted by Crippen LogP contribution is -2.23. The summed E-state index contributed by atoms with van der Waals surface area (Å²) in [7, 11) is 0. The van der Waals surface area contributed by atoms with E-state index >= 15 is 0 Å². The number of aryl methyl sites for hydroxylation is 1. The Hall–Kier alpha value is -1.22. The number of carbonyl (C=O) groups excluding carboxylic acids is 1. The van der Waals surface area contributed by atoms with Gasteiger partial charge in [-0.05, 0) is 37.3 Å². The summed E-state index contributed by atoms with van der Waals surface area (Å²) < 4.78 is 5.34. The number of pyridine rings is 1. The highest BCUT2D eigenvalue weighted by atomic mass is 16.5. The molecule has 1 aromatic rings. The standard InChI is InChI=1S/C14H19NO2/c1-2-9-17-10-13(16)12-7-3-5-11-6-4-8-15-14(11)12/h4,6,8,12H,2-3,5,7,9-10H2,1H3. The molecular formula is C14H19NO2. The van der Waals surface area contributed by atoms with Gasteiger partial charge in [-0.25, -0.2) is 0 Å². The molecule has 0 saturated carbocycles. The summed E-state index contributed by atoms with van der Waals surface area (Å²) in [4.78, 5) is 16.4. The summed E-state index contributed by atoms with van der Waals surface area (Å²) in [6.45, 7) is 2.93. The summed E-state index contributed by atoms with van der Waals surface area (Å²) in [5.41, 5.74) is 2.21. The molecule has 2 rings (SSSR count). The minimum atomic E-state index is -0.0446. The van der Waals surface area contributed by atoms with Crippen LogP contribution in [0.25, 0.3) is 0 Å². The smallest absolute Gasteiger partial charge is 0.167 e. The van der Waals surface area contributed by atoms with Gasteiger partial charge in [0, 0.05) is 12.8 Å². The number of carbonyl (C=O) groups is 1. The van der Waals surface area contributed by atoms with Gasteiger partial charge in [0.05, 0.1) is 11.6 Å². The topological polar surface area (TPSA) is 39.2 Å². The van der Waals surface area contributed by atoms with E-state index in [1.54, 1.807) is 6.20 Å². The first-order valence-corrected chi connectivity index (χ1v) is 6.37. The molecule has 0 amide bonds. The van der Waals surface area contributed by atoms with Crippen molar-refractivity contribution >= 4 is 5.78 Å². The van der Waals surface area contributed by atoms with E-state index in [-0.39, 0.29) is 18.3 Å². The molecule has 0 aromatic carbocycles. The number of ketones is 1. The second-order valence-corrected chi connectivity index (χ2v) is 4.51. The van der Waals surface area contributed by atoms with Crippen LogP contribution in [0.3, 0.4) is 0 Å². The Bertz CT molecular complexity index is 390. The molecule has 3 nitrogen and oxygen atoms in total. The van der Waals surface area contributed by atoms with Crippen LogP contribution >= 0.6 is 0 Å². The van der Waals surface area contributed by atoms with E-state index in [0.717, 1.165) is 31.4 Å². The largest absolute Gasteiger partial charge is 0.374 e. The highest BCUT2D eigenvalue weighted by Crippen LogP contribution is 2.30. The van der Waals surface area contributed by atoms with Crippen LogP contribution in [0.4, 0.5) is 0 Å². The van der Waals surface area contributed by atoms with E-state index < -0.39 is 0 Å². The summed E-state index contributed by atoms with van der Waals surface area (Å²) in [6, 6.07) is 4.02. The molecule has 1 heterocycles. The van der Waals surface area contributed by atoms with Gasteiger partial charge in [0.25, 0.3) is 0 Å². The van der Waals surface area contributed by atoms with Crippen molar-refractivity contribution in [2.45, 2.75) is 38.5 Å². The summed E-state index contributed by atoms with van der Waals surface area (Å²) >= 11 is 0. The highest BCUT2D eigenvalue weighted by Gasteiger charge is 2.27. The Labute approximate surface area is 102 Å². The lowest BCUT2D eigenvalue weighted by atomic mass is 9.84. The van der Waals surface area contributed by atoms with Crippen LogP contribution in [-0.4, -0.2) is 24.0 Å². The average molecular weight is 233 g/mol. The third-order valence-corrected chi connectivity index (χ3v) is 3.18. The zero-order valence-corrected chi connectivity index (χ0v) is 10.3. The number of nitrogens with zero attached hydrogens (tertiary/aromatic N) is 1. The number of rotatable bonds is 5. The average Bonchev–Trinajstić information content (AvgIpc) is 2.38. The monoisotopic (exact) mass is 233 g/mol. The van der Waals surface area contributed by atoms with Crippen LogP contribution in [0, 0.1) is 0 Å². The second-order valence-electron chi connectivity index (χ2n) is 4.51. The van der Waals surface area contributed by atoms with Crippen LogP contribution in [-0.2, 0) is 16.0 Å². The van der Waals surface area contributed by atoms with Gasteiger partial charge >= 0.3 is 0 Å². The first kappa shape index (κ1) is 12.2. The lowest BCUT2D eigenvalue weighted by molar-refractivity contribution is -0.125. The van der Waals surface area contributed by atoms with Gasteiger partial charge in [0.15, 0.2) is 5.78 Å². The Balaban J connectivity index is 2.05. The van der Waals surface area contributed by atoms with Gasteiger partial charge in [-0.2, -0.15) is 0 Å². The molecule has 0 bridgehead atoms. The Kier molecular flexibility index (Phi) is 4.26. The van der Waals surface area contributed by atoms with E-state index in [2.05, 4.69) is 11.1 Å². The van der Waals surface area contributed by atoms with Crippen LogP contribution in [0.5, 0.6) is 0 Å². The number of hydrogen-bond acceptors (Lipinski definition) is 3. The molecule has 0 spiro atoms. The van der Waals surface area contributed by atoms with Gasteiger partial charge in [0.1, 0.15) is 6.61 Å². The van der Waals surface area contributed by atoms with Crippen molar-refractivity contribution < 1.29 is 9.53 Å². The number of ether oxygens (including phenoxy) is 1. The van der Waals surface area contributed by atoms with E-state index in [1.807, 2.05) is 13.0 Å². The summed E-state index contributed by atoms with van der Waals surface area (Å²) in [5.74, 6) is 0.134. The van der Waals surface area contributed by atoms with Gasteiger partial charge in [-0.15, -0.1) is 0 Å². The lowest BCUT2D eigenvalue weighted by Gasteiger charge is -2.22. The summed E-state index contributed by atoms with van der Waals surface area (Å²) in [5, 5.41) is 0. The van der Waals surface area contributed by atoms with Crippen LogP contribution in [0.15, 0.2) is 18.3 Å². The van der Waals surface area contributed by atoms with Crippen molar-refractivity contribution in [1.29, 1.82) is 0 Å². The fraction of sp³-hybridized carbons (Fsp3) is 0.571. The molecule has 0 radical (unpaired) electrons. The van der Waals surface area contributed by atoms with Crippen molar-refractivity contribution in [3.63, 3.8) is 0 Å². The van der Waals surface area contributed by atoms with Crippen molar-refractivity contribution in [1.82, 2.24) is 4.98 Å². The molecular weight excluding hydrogens is 214 g/mol. The zero-order valence-electron chi connectivity index (χ0n) is 10.3. The quantitative estimate of drug-likeness (QED) is 0.733. The van der Waals surface area contributed by atoms with Crippen molar-refractivity contribution in [2.24, 2.45) is 0 Å². The van der Waals surface area contributed by atoms with Gasteiger partial charge in [0.2, 0.25) is 0 Å². The fourth-order valence-electron chi connectivity index (χ4n) is 2.34. The number of Topliss-reactive ketones (excluding diaryl/α,β-unsaturated/α-hetero) is 1. The second kappa shape index (κ2) is 5.92. The van der Waals surface area contributed by atoms with Crippen molar-refractivity contribution in [3.05, 3.63) is 29.6 Å². The normalized spacial score (nSPS) is 18.8. The molecule has 1 aliphatic rings. The van der Waals surface area contributed by atoms with Crippen molar-refractivity contribution in [3.8, 4) is 0 Å². The number of hydrogen-bond donors (Lipinski definition) is 0. The van der Waals surface area contributed by atoms with Crippen LogP contribution < -0.4 is 0 Å². The third kappa shape index (κ3) is 2.91. The molecule has 1 aromatic heterocycles. The Morgan fingerprint density at radius 3 is 3.29 bits per heavy atom.